The number of hydrogen-bond acceptors (Lipinski definition) is 5. The van der Waals surface area contributed by atoms with Gasteiger partial charge in [0.2, 0.25) is 0 Å². The average Bonchev–Trinajstić information content (AvgIpc) is 3.29. The highest BCUT2D eigenvalue weighted by molar-refractivity contribution is 7.20. The Morgan fingerprint density at radius 1 is 1.27 bits per heavy atom. The summed E-state index contributed by atoms with van der Waals surface area (Å²) in [6.45, 7) is 2.44. The molecular formula is C16H18N2O2S2. The molecule has 0 radical (unpaired) electrons. The molecule has 2 saturated heterocycles. The summed E-state index contributed by atoms with van der Waals surface area (Å²) >= 11 is 3.20. The minimum Gasteiger partial charge on any atom is -0.375 e. The van der Waals surface area contributed by atoms with Crippen LogP contribution in [0.2, 0.25) is 0 Å². The van der Waals surface area contributed by atoms with Crippen LogP contribution < -0.4 is 0 Å². The molecule has 116 valence electrons. The van der Waals surface area contributed by atoms with Crippen LogP contribution in [0.4, 0.5) is 0 Å². The Morgan fingerprint density at radius 3 is 2.82 bits per heavy atom. The zero-order valence-corrected chi connectivity index (χ0v) is 13.9. The highest BCUT2D eigenvalue weighted by Gasteiger charge is 2.39. The van der Waals surface area contributed by atoms with Crippen molar-refractivity contribution in [2.75, 3.05) is 19.7 Å². The van der Waals surface area contributed by atoms with Crippen LogP contribution in [0.1, 0.15) is 36.2 Å². The predicted molar refractivity (Wildman–Crippen MR) is 88.5 cm³/mol. The standard InChI is InChI=1S/C16H18N2O2S2/c19-15(12-11-22-14(17-12)13-3-1-10-21-13)18-7-5-16(6-8-18)4-2-9-20-16/h1,3,10-11H,2,4-9H2. The van der Waals surface area contributed by atoms with Gasteiger partial charge in [0.25, 0.3) is 5.91 Å². The third kappa shape index (κ3) is 2.59. The van der Waals surface area contributed by atoms with Gasteiger partial charge in [-0.2, -0.15) is 0 Å². The molecule has 0 saturated carbocycles. The van der Waals surface area contributed by atoms with E-state index >= 15 is 0 Å². The zero-order chi connectivity index (χ0) is 15.0. The van der Waals surface area contributed by atoms with Crippen LogP contribution >= 0.6 is 22.7 Å². The van der Waals surface area contributed by atoms with E-state index in [1.165, 1.54) is 0 Å². The Labute approximate surface area is 137 Å². The van der Waals surface area contributed by atoms with Crippen molar-refractivity contribution in [2.24, 2.45) is 0 Å². The third-order valence-electron chi connectivity index (χ3n) is 4.60. The van der Waals surface area contributed by atoms with Crippen molar-refractivity contribution in [1.82, 2.24) is 9.88 Å². The molecule has 2 fully saturated rings. The lowest BCUT2D eigenvalue weighted by Gasteiger charge is -2.38. The van der Waals surface area contributed by atoms with Crippen molar-refractivity contribution >= 4 is 28.6 Å². The Kier molecular flexibility index (Phi) is 3.76. The number of carbonyl (C=O) groups excluding carboxylic acids is 1. The Balaban J connectivity index is 1.44. The van der Waals surface area contributed by atoms with Crippen molar-refractivity contribution in [1.29, 1.82) is 0 Å². The van der Waals surface area contributed by atoms with Crippen molar-refractivity contribution in [3.63, 3.8) is 0 Å². The van der Waals surface area contributed by atoms with E-state index in [0.29, 0.717) is 5.69 Å². The number of aromatic nitrogens is 1. The summed E-state index contributed by atoms with van der Waals surface area (Å²) in [5.41, 5.74) is 0.637. The fourth-order valence-corrected chi connectivity index (χ4v) is 4.92. The summed E-state index contributed by atoms with van der Waals surface area (Å²) in [5, 5.41) is 4.85. The van der Waals surface area contributed by atoms with Gasteiger partial charge >= 0.3 is 0 Å². The fourth-order valence-electron chi connectivity index (χ4n) is 3.31. The van der Waals surface area contributed by atoms with Crippen LogP contribution in [0, 0.1) is 0 Å². The summed E-state index contributed by atoms with van der Waals surface area (Å²) in [7, 11) is 0. The normalized spacial score (nSPS) is 20.6. The largest absolute Gasteiger partial charge is 0.375 e. The van der Waals surface area contributed by atoms with Crippen LogP contribution in [-0.4, -0.2) is 41.1 Å². The Morgan fingerprint density at radius 2 is 2.14 bits per heavy atom. The lowest BCUT2D eigenvalue weighted by molar-refractivity contribution is -0.0388. The van der Waals surface area contributed by atoms with Crippen molar-refractivity contribution in [3.05, 3.63) is 28.6 Å². The lowest BCUT2D eigenvalue weighted by Crippen LogP contribution is -2.46. The molecule has 0 bridgehead atoms. The Hall–Kier alpha value is -1.24. The molecule has 2 aromatic rings. The van der Waals surface area contributed by atoms with Crippen molar-refractivity contribution in [3.8, 4) is 9.88 Å². The monoisotopic (exact) mass is 334 g/mol. The van der Waals surface area contributed by atoms with Crippen LogP contribution in [0.25, 0.3) is 9.88 Å². The number of thiophene rings is 1. The van der Waals surface area contributed by atoms with Gasteiger partial charge in [0, 0.05) is 25.1 Å². The second-order valence-electron chi connectivity index (χ2n) is 5.94. The maximum atomic E-state index is 12.6. The first kappa shape index (κ1) is 14.4. The number of carbonyl (C=O) groups is 1. The van der Waals surface area contributed by atoms with E-state index in [0.717, 1.165) is 55.3 Å². The summed E-state index contributed by atoms with van der Waals surface area (Å²) in [6, 6.07) is 4.05. The van der Waals surface area contributed by atoms with Gasteiger partial charge in [-0.05, 0) is 37.1 Å². The van der Waals surface area contributed by atoms with Crippen LogP contribution in [0.15, 0.2) is 22.9 Å². The SMILES string of the molecule is O=C(c1csc(-c2cccs2)n1)N1CCC2(CCCO2)CC1. The first-order chi connectivity index (χ1) is 10.8. The van der Waals surface area contributed by atoms with Gasteiger partial charge in [-0.15, -0.1) is 22.7 Å². The van der Waals surface area contributed by atoms with E-state index in [2.05, 4.69) is 4.98 Å². The van der Waals surface area contributed by atoms with E-state index in [-0.39, 0.29) is 11.5 Å². The Bertz CT molecular complexity index is 650. The van der Waals surface area contributed by atoms with Gasteiger partial charge in [-0.1, -0.05) is 6.07 Å². The molecule has 0 aliphatic carbocycles. The van der Waals surface area contributed by atoms with Gasteiger partial charge in [0.15, 0.2) is 0 Å². The molecule has 22 heavy (non-hydrogen) atoms. The number of ether oxygens (including phenoxy) is 1. The topological polar surface area (TPSA) is 42.4 Å². The maximum Gasteiger partial charge on any atom is 0.273 e. The molecule has 2 aliphatic heterocycles. The molecule has 1 spiro atoms. The smallest absolute Gasteiger partial charge is 0.273 e. The van der Waals surface area contributed by atoms with Gasteiger partial charge in [0.1, 0.15) is 10.7 Å². The van der Waals surface area contributed by atoms with E-state index < -0.39 is 0 Å². The van der Waals surface area contributed by atoms with Crippen LogP contribution in [0.5, 0.6) is 0 Å². The number of likely N-dealkylation sites (tertiary alicyclic amines) is 1. The van der Waals surface area contributed by atoms with E-state index in [1.54, 1.807) is 22.7 Å². The van der Waals surface area contributed by atoms with E-state index in [1.807, 2.05) is 27.8 Å². The van der Waals surface area contributed by atoms with Gasteiger partial charge < -0.3 is 9.64 Å². The fraction of sp³-hybridized carbons (Fsp3) is 0.500. The second kappa shape index (κ2) is 5.76. The highest BCUT2D eigenvalue weighted by Crippen LogP contribution is 2.36. The van der Waals surface area contributed by atoms with Gasteiger partial charge in [0.05, 0.1) is 10.5 Å². The molecular weight excluding hydrogens is 316 g/mol. The number of rotatable bonds is 2. The van der Waals surface area contributed by atoms with Crippen LogP contribution in [0.3, 0.4) is 0 Å². The highest BCUT2D eigenvalue weighted by atomic mass is 32.1. The van der Waals surface area contributed by atoms with Gasteiger partial charge in [-0.3, -0.25) is 4.79 Å². The molecule has 4 nitrogen and oxygen atoms in total. The molecule has 0 atom stereocenters. The molecule has 0 aromatic carbocycles. The first-order valence-electron chi connectivity index (χ1n) is 7.68. The first-order valence-corrected chi connectivity index (χ1v) is 9.44. The van der Waals surface area contributed by atoms with Crippen molar-refractivity contribution < 1.29 is 9.53 Å². The zero-order valence-electron chi connectivity index (χ0n) is 12.3. The molecule has 0 unspecified atom stereocenters. The number of thiazole rings is 1. The minimum atomic E-state index is 0.0565. The molecule has 2 aliphatic rings. The molecule has 4 heterocycles. The lowest BCUT2D eigenvalue weighted by atomic mass is 9.88. The second-order valence-corrected chi connectivity index (χ2v) is 7.75. The number of amides is 1. The molecule has 4 rings (SSSR count). The summed E-state index contributed by atoms with van der Waals surface area (Å²) in [6.07, 6.45) is 4.22. The third-order valence-corrected chi connectivity index (χ3v) is 6.48. The number of nitrogens with zero attached hydrogens (tertiary/aromatic N) is 2. The maximum absolute atomic E-state index is 12.6. The van der Waals surface area contributed by atoms with Crippen molar-refractivity contribution in [2.45, 2.75) is 31.3 Å². The number of hydrogen-bond donors (Lipinski definition) is 0. The molecule has 0 N–H and O–H groups in total. The van der Waals surface area contributed by atoms with E-state index in [9.17, 15) is 4.79 Å². The minimum absolute atomic E-state index is 0.0565. The molecule has 1 amide bonds. The summed E-state index contributed by atoms with van der Waals surface area (Å²) < 4.78 is 5.92. The summed E-state index contributed by atoms with van der Waals surface area (Å²) in [4.78, 5) is 20.2. The molecule has 6 heteroatoms. The number of piperidine rings is 1. The average molecular weight is 334 g/mol. The van der Waals surface area contributed by atoms with E-state index in [4.69, 9.17) is 4.74 Å². The summed E-state index contributed by atoms with van der Waals surface area (Å²) in [5.74, 6) is 0.0619. The van der Waals surface area contributed by atoms with Crippen LogP contribution in [-0.2, 0) is 4.74 Å². The van der Waals surface area contributed by atoms with Gasteiger partial charge in [-0.25, -0.2) is 4.98 Å². The predicted octanol–water partition coefficient (Wildman–Crippen LogP) is 3.66. The molecule has 2 aromatic heterocycles. The quantitative estimate of drug-likeness (QED) is 0.842.